The molecule has 198 valence electrons. The van der Waals surface area contributed by atoms with Gasteiger partial charge >= 0.3 is 5.69 Å². The summed E-state index contributed by atoms with van der Waals surface area (Å²) in [5, 5.41) is 21.0. The van der Waals surface area contributed by atoms with Gasteiger partial charge in [-0.05, 0) is 44.2 Å². The molecule has 40 heavy (non-hydrogen) atoms. The predicted octanol–water partition coefficient (Wildman–Crippen LogP) is 4.83. The van der Waals surface area contributed by atoms with Crippen molar-refractivity contribution in [1.82, 2.24) is 24.4 Å². The summed E-state index contributed by atoms with van der Waals surface area (Å²) in [6.45, 7) is 4.07. The molecule has 0 saturated heterocycles. The number of rotatable bonds is 7. The third-order valence-electron chi connectivity index (χ3n) is 6.27. The summed E-state index contributed by atoms with van der Waals surface area (Å²) < 4.78 is 8.84. The van der Waals surface area contributed by atoms with Crippen LogP contribution in [0.15, 0.2) is 83.8 Å². The third kappa shape index (κ3) is 4.63. The summed E-state index contributed by atoms with van der Waals surface area (Å²) in [5.41, 5.74) is 3.90. The number of nitro groups is 1. The lowest BCUT2D eigenvalue weighted by Gasteiger charge is -2.06. The summed E-state index contributed by atoms with van der Waals surface area (Å²) in [7, 11) is 0. The topological polar surface area (TPSA) is 117 Å². The standard InChI is InChI=1S/C29H22N6O4S/c1-3-39-24-14-13-20(15-23(24)35(37)38)26-21(17-33(31-26)22-7-5-4-6-8-22)16-25-28(36)34-29(40-25)30-27(32-34)19-11-9-18(2)10-12-19/h4-17H,3H2,1-2H3. The molecule has 0 N–H and O–H groups in total. The number of para-hydroxylation sites is 1. The van der Waals surface area contributed by atoms with Crippen molar-refractivity contribution in [1.29, 1.82) is 0 Å². The zero-order chi connectivity index (χ0) is 27.8. The van der Waals surface area contributed by atoms with Crippen LogP contribution in [0.4, 0.5) is 5.69 Å². The molecule has 3 aromatic heterocycles. The SMILES string of the molecule is CCOc1ccc(-c2nn(-c3ccccc3)cc2C=c2sc3nc(-c4ccc(C)cc4)nn3c2=O)cc1[N+](=O)[O-]. The normalized spacial score (nSPS) is 11.8. The van der Waals surface area contributed by atoms with Gasteiger partial charge in [0, 0.05) is 29.0 Å². The minimum atomic E-state index is -0.479. The van der Waals surface area contributed by atoms with Crippen LogP contribution in [-0.4, -0.2) is 35.9 Å². The average molecular weight is 551 g/mol. The average Bonchev–Trinajstić information content (AvgIpc) is 3.65. The highest BCUT2D eigenvalue weighted by Gasteiger charge is 2.20. The van der Waals surface area contributed by atoms with Crippen molar-refractivity contribution < 1.29 is 9.66 Å². The highest BCUT2D eigenvalue weighted by molar-refractivity contribution is 7.15. The predicted molar refractivity (Wildman–Crippen MR) is 153 cm³/mol. The number of thiazole rings is 1. The molecule has 0 aliphatic carbocycles. The van der Waals surface area contributed by atoms with Crippen molar-refractivity contribution in [3.63, 3.8) is 0 Å². The van der Waals surface area contributed by atoms with Crippen LogP contribution in [-0.2, 0) is 0 Å². The molecule has 3 aromatic carbocycles. The first-order valence-corrected chi connectivity index (χ1v) is 13.3. The Kier molecular flexibility index (Phi) is 6.40. The molecule has 0 amide bonds. The minimum absolute atomic E-state index is 0.161. The van der Waals surface area contributed by atoms with Gasteiger partial charge in [-0.1, -0.05) is 59.4 Å². The zero-order valence-corrected chi connectivity index (χ0v) is 22.3. The van der Waals surface area contributed by atoms with Gasteiger partial charge in [0.25, 0.3) is 5.56 Å². The molecule has 0 aliphatic heterocycles. The number of hydrogen-bond donors (Lipinski definition) is 0. The summed E-state index contributed by atoms with van der Waals surface area (Å²) >= 11 is 1.22. The van der Waals surface area contributed by atoms with E-state index in [-0.39, 0.29) is 17.0 Å². The number of aryl methyl sites for hydroxylation is 1. The van der Waals surface area contributed by atoms with Gasteiger partial charge in [-0.2, -0.15) is 14.6 Å². The number of nitro benzene ring substituents is 1. The van der Waals surface area contributed by atoms with Crippen molar-refractivity contribution >= 4 is 28.1 Å². The van der Waals surface area contributed by atoms with Gasteiger partial charge in [0.15, 0.2) is 11.6 Å². The maximum absolute atomic E-state index is 13.3. The lowest BCUT2D eigenvalue weighted by molar-refractivity contribution is -0.385. The summed E-state index contributed by atoms with van der Waals surface area (Å²) in [6.07, 6.45) is 3.51. The fraction of sp³-hybridized carbons (Fsp3) is 0.103. The van der Waals surface area contributed by atoms with Crippen LogP contribution < -0.4 is 14.8 Å². The van der Waals surface area contributed by atoms with Gasteiger partial charge in [0.1, 0.15) is 5.69 Å². The molecule has 6 aromatic rings. The zero-order valence-electron chi connectivity index (χ0n) is 21.5. The number of nitrogens with zero attached hydrogens (tertiary/aromatic N) is 6. The van der Waals surface area contributed by atoms with E-state index in [1.54, 1.807) is 36.0 Å². The molecule has 0 spiro atoms. The van der Waals surface area contributed by atoms with E-state index in [4.69, 9.17) is 9.84 Å². The maximum Gasteiger partial charge on any atom is 0.311 e. The molecule has 3 heterocycles. The van der Waals surface area contributed by atoms with E-state index in [1.807, 2.05) is 61.5 Å². The van der Waals surface area contributed by atoms with Gasteiger partial charge in [0.2, 0.25) is 4.96 Å². The third-order valence-corrected chi connectivity index (χ3v) is 7.23. The Morgan fingerprint density at radius 2 is 1.77 bits per heavy atom. The fourth-order valence-electron chi connectivity index (χ4n) is 4.32. The van der Waals surface area contributed by atoms with Crippen molar-refractivity contribution in [3.8, 4) is 34.1 Å². The largest absolute Gasteiger partial charge is 0.487 e. The summed E-state index contributed by atoms with van der Waals surface area (Å²) in [5.74, 6) is 0.662. The smallest absolute Gasteiger partial charge is 0.311 e. The number of ether oxygens (including phenoxy) is 1. The van der Waals surface area contributed by atoms with E-state index in [0.29, 0.717) is 38.7 Å². The van der Waals surface area contributed by atoms with Crippen LogP contribution >= 0.6 is 11.3 Å². The van der Waals surface area contributed by atoms with Gasteiger partial charge in [-0.25, -0.2) is 4.68 Å². The van der Waals surface area contributed by atoms with Crippen LogP contribution in [0.2, 0.25) is 0 Å². The molecule has 0 saturated carbocycles. The Labute approximate surface area is 231 Å². The molecule has 10 nitrogen and oxygen atoms in total. The number of benzene rings is 3. The Balaban J connectivity index is 1.49. The fourth-order valence-corrected chi connectivity index (χ4v) is 5.21. The first-order valence-electron chi connectivity index (χ1n) is 12.5. The van der Waals surface area contributed by atoms with E-state index >= 15 is 0 Å². The quantitative estimate of drug-likeness (QED) is 0.206. The lowest BCUT2D eigenvalue weighted by atomic mass is 10.1. The minimum Gasteiger partial charge on any atom is -0.487 e. The maximum atomic E-state index is 13.3. The van der Waals surface area contributed by atoms with Crippen molar-refractivity contribution in [2.45, 2.75) is 13.8 Å². The number of fused-ring (bicyclic) bond motifs is 1. The molecular weight excluding hydrogens is 528 g/mol. The molecule has 0 fully saturated rings. The highest BCUT2D eigenvalue weighted by Crippen LogP contribution is 2.34. The Morgan fingerprint density at radius 1 is 1.02 bits per heavy atom. The Hall–Kier alpha value is -5.16. The molecule has 0 unspecified atom stereocenters. The van der Waals surface area contributed by atoms with Crippen LogP contribution in [0, 0.1) is 17.0 Å². The van der Waals surface area contributed by atoms with E-state index in [2.05, 4.69) is 10.1 Å². The van der Waals surface area contributed by atoms with Crippen molar-refractivity contribution in [3.05, 3.63) is 115 Å². The highest BCUT2D eigenvalue weighted by atomic mass is 32.1. The van der Waals surface area contributed by atoms with Crippen molar-refractivity contribution in [2.75, 3.05) is 6.61 Å². The van der Waals surface area contributed by atoms with Crippen LogP contribution in [0.3, 0.4) is 0 Å². The molecule has 0 atom stereocenters. The van der Waals surface area contributed by atoms with E-state index < -0.39 is 4.92 Å². The molecule has 11 heteroatoms. The first-order chi connectivity index (χ1) is 19.4. The van der Waals surface area contributed by atoms with Crippen LogP contribution in [0.1, 0.15) is 18.1 Å². The molecular formula is C29H22N6O4S. The lowest BCUT2D eigenvalue weighted by Crippen LogP contribution is -2.23. The molecule has 0 aliphatic rings. The van der Waals surface area contributed by atoms with E-state index in [0.717, 1.165) is 16.8 Å². The Morgan fingerprint density at radius 3 is 2.48 bits per heavy atom. The Bertz CT molecular complexity index is 1980. The van der Waals surface area contributed by atoms with Gasteiger partial charge < -0.3 is 4.74 Å². The van der Waals surface area contributed by atoms with Crippen LogP contribution in [0.5, 0.6) is 5.75 Å². The van der Waals surface area contributed by atoms with Crippen LogP contribution in [0.25, 0.3) is 39.4 Å². The van der Waals surface area contributed by atoms with Gasteiger partial charge in [-0.3, -0.25) is 14.9 Å². The number of hydrogen-bond acceptors (Lipinski definition) is 8. The van der Waals surface area contributed by atoms with E-state index in [1.165, 1.54) is 21.9 Å². The first kappa shape index (κ1) is 25.1. The van der Waals surface area contributed by atoms with Gasteiger partial charge in [0.05, 0.1) is 21.7 Å². The van der Waals surface area contributed by atoms with E-state index in [9.17, 15) is 14.9 Å². The molecule has 0 bridgehead atoms. The second-order valence-electron chi connectivity index (χ2n) is 9.00. The summed E-state index contributed by atoms with van der Waals surface area (Å²) in [4.78, 5) is 29.7. The second kappa shape index (κ2) is 10.2. The van der Waals surface area contributed by atoms with Gasteiger partial charge in [-0.15, -0.1) is 5.10 Å². The second-order valence-corrected chi connectivity index (χ2v) is 10.0. The summed E-state index contributed by atoms with van der Waals surface area (Å²) in [6, 6.07) is 22.0. The molecule has 0 radical (unpaired) electrons. The van der Waals surface area contributed by atoms with Crippen molar-refractivity contribution in [2.24, 2.45) is 0 Å². The number of aromatic nitrogens is 5. The monoisotopic (exact) mass is 550 g/mol. The molecule has 6 rings (SSSR count).